The van der Waals surface area contributed by atoms with Gasteiger partial charge in [0.1, 0.15) is 6.17 Å². The number of hydrogen-bond donors (Lipinski definition) is 6. The maximum absolute atomic E-state index is 12.0. The summed E-state index contributed by atoms with van der Waals surface area (Å²) in [7, 11) is 0. The molecule has 0 bridgehead atoms. The summed E-state index contributed by atoms with van der Waals surface area (Å²) in [6.07, 6.45) is 19.4. The number of nitrogens with two attached hydrogens (primary N) is 2. The molecular formula is C35H64N2O6. The van der Waals surface area contributed by atoms with E-state index < -0.39 is 23.6 Å². The summed E-state index contributed by atoms with van der Waals surface area (Å²) in [5.41, 5.74) is 5.27. The van der Waals surface area contributed by atoms with E-state index in [-0.39, 0.29) is 31.2 Å². The van der Waals surface area contributed by atoms with Gasteiger partial charge in [-0.1, -0.05) is 57.6 Å². The Hall–Kier alpha value is -1.03. The molecule has 0 amide bonds. The van der Waals surface area contributed by atoms with Crippen molar-refractivity contribution >= 4 is 5.97 Å². The largest absolute Gasteiger partial charge is 0.550 e. The lowest BCUT2D eigenvalue weighted by Crippen LogP contribution is -2.94. The molecule has 43 heavy (non-hydrogen) atoms. The molecule has 0 aromatic carbocycles. The lowest BCUT2D eigenvalue weighted by molar-refractivity contribution is -0.699. The average molecular weight is 609 g/mol. The van der Waals surface area contributed by atoms with Gasteiger partial charge in [-0.05, 0) is 101 Å². The van der Waals surface area contributed by atoms with Crippen molar-refractivity contribution in [2.75, 3.05) is 13.2 Å². The highest BCUT2D eigenvalue weighted by Crippen LogP contribution is 2.47. The molecule has 1 heterocycles. The van der Waals surface area contributed by atoms with E-state index in [9.17, 15) is 30.3 Å². The second kappa shape index (κ2) is 18.8. The van der Waals surface area contributed by atoms with Crippen molar-refractivity contribution in [1.82, 2.24) is 0 Å². The molecule has 10 atom stereocenters. The van der Waals surface area contributed by atoms with Crippen LogP contribution >= 0.6 is 0 Å². The average Bonchev–Trinajstić information content (AvgIpc) is 3.28. The van der Waals surface area contributed by atoms with Crippen LogP contribution in [0.25, 0.3) is 0 Å². The Morgan fingerprint density at radius 2 is 1.79 bits per heavy atom. The zero-order valence-electron chi connectivity index (χ0n) is 27.0. The number of unbranched alkanes of at least 4 members (excludes halogenated alkanes) is 4. The normalized spacial score (nSPS) is 34.3. The monoisotopic (exact) mass is 608 g/mol. The van der Waals surface area contributed by atoms with Crippen LogP contribution in [0.2, 0.25) is 0 Å². The molecule has 2 unspecified atom stereocenters. The molecule has 1 saturated carbocycles. The van der Waals surface area contributed by atoms with Crippen LogP contribution in [-0.2, 0) is 4.79 Å². The predicted octanol–water partition coefficient (Wildman–Crippen LogP) is 2.76. The van der Waals surface area contributed by atoms with Gasteiger partial charge >= 0.3 is 0 Å². The van der Waals surface area contributed by atoms with Crippen LogP contribution < -0.4 is 16.2 Å². The highest BCUT2D eigenvalue weighted by molar-refractivity contribution is 5.68. The van der Waals surface area contributed by atoms with Crippen molar-refractivity contribution in [2.24, 2.45) is 41.2 Å². The second-order valence-electron chi connectivity index (χ2n) is 14.6. The molecule has 0 aromatic heterocycles. The predicted molar refractivity (Wildman–Crippen MR) is 167 cm³/mol. The van der Waals surface area contributed by atoms with Crippen LogP contribution in [-0.4, -0.2) is 63.5 Å². The number of allylic oxidation sites excluding steroid dienone is 1. The van der Waals surface area contributed by atoms with Gasteiger partial charge in [-0.2, -0.15) is 0 Å². The van der Waals surface area contributed by atoms with E-state index in [1.165, 1.54) is 19.3 Å². The van der Waals surface area contributed by atoms with Crippen molar-refractivity contribution in [3.63, 3.8) is 0 Å². The number of aliphatic hydroxyl groups is 4. The molecule has 1 saturated heterocycles. The second-order valence-corrected chi connectivity index (χ2v) is 14.6. The quantitative estimate of drug-likeness (QED) is 0.0914. The van der Waals surface area contributed by atoms with Crippen LogP contribution in [0.15, 0.2) is 12.2 Å². The van der Waals surface area contributed by atoms with Crippen molar-refractivity contribution in [3.8, 4) is 0 Å². The fourth-order valence-corrected chi connectivity index (χ4v) is 8.51. The highest BCUT2D eigenvalue weighted by atomic mass is 16.4. The Bertz CT molecular complexity index is 826. The Labute approximate surface area is 260 Å². The smallest absolute Gasteiger partial charge is 0.137 e. The Balaban J connectivity index is 1.41. The molecule has 0 aromatic rings. The van der Waals surface area contributed by atoms with Crippen LogP contribution in [0, 0.1) is 35.5 Å². The number of rotatable bonds is 20. The molecule has 0 radical (unpaired) electrons. The maximum Gasteiger partial charge on any atom is 0.137 e. The third-order valence-corrected chi connectivity index (χ3v) is 11.0. The fourth-order valence-electron chi connectivity index (χ4n) is 8.51. The van der Waals surface area contributed by atoms with E-state index in [2.05, 4.69) is 24.4 Å². The molecule has 8 N–H and O–H groups in total. The minimum absolute atomic E-state index is 0.147. The standard InChI is InChI=1S/C35H64N2O6/c1-2-3-5-9-25-13-14-27(32(40)21-25)10-6-4-7-12-30(34(41)42)31(39)15-17-35(43)23-28(11-8-19-38)29(24-35)20-26-16-18-37-33(36)22-26/h13-14,25-33,37-40,43H,2-12,15-24,36H2,1H3,(H,41,42)/t25-,26?,27+,28+,29+,30-,31+,32+,33?,35+/m0/s1. The number of hydrogen-bond acceptors (Lipinski definition) is 7. The molecule has 2 aliphatic carbocycles. The van der Waals surface area contributed by atoms with Gasteiger partial charge in [0.2, 0.25) is 0 Å². The molecule has 3 aliphatic rings. The Morgan fingerprint density at radius 3 is 2.49 bits per heavy atom. The number of carbonyl (C=O) groups excluding carboxylic acids is 1. The van der Waals surface area contributed by atoms with E-state index in [0.717, 1.165) is 70.8 Å². The highest BCUT2D eigenvalue weighted by Gasteiger charge is 2.44. The first-order valence-corrected chi connectivity index (χ1v) is 17.8. The fraction of sp³-hybridized carbons (Fsp3) is 0.914. The van der Waals surface area contributed by atoms with Gasteiger partial charge in [0, 0.05) is 30.8 Å². The minimum atomic E-state index is -1.21. The number of carboxylic acid groups (broad SMARTS) is 1. The van der Waals surface area contributed by atoms with Gasteiger partial charge < -0.3 is 35.6 Å². The number of quaternary nitrogens is 1. The van der Waals surface area contributed by atoms with Crippen LogP contribution in [0.4, 0.5) is 0 Å². The SMILES string of the molecule is CCCCC[C@H]1C=C[C@@H](CCCCC[C@H](C(=O)[O-])[C@H](O)CC[C@@]2(O)C[C@@H](CCCO)[C@H](CC3CC[NH2+]C(N)C3)C2)[C@H](O)C1. The molecule has 2 fully saturated rings. The van der Waals surface area contributed by atoms with Crippen LogP contribution in [0.5, 0.6) is 0 Å². The van der Waals surface area contributed by atoms with Crippen molar-refractivity contribution < 1.29 is 35.6 Å². The Morgan fingerprint density at radius 1 is 1.02 bits per heavy atom. The van der Waals surface area contributed by atoms with Crippen LogP contribution in [0.1, 0.15) is 129 Å². The summed E-state index contributed by atoms with van der Waals surface area (Å²) in [4.78, 5) is 12.0. The van der Waals surface area contributed by atoms with Crippen molar-refractivity contribution in [1.29, 1.82) is 0 Å². The third kappa shape index (κ3) is 12.4. The first-order valence-electron chi connectivity index (χ1n) is 17.8. The molecule has 8 nitrogen and oxygen atoms in total. The lowest BCUT2D eigenvalue weighted by atomic mass is 9.80. The van der Waals surface area contributed by atoms with Gasteiger partial charge in [-0.15, -0.1) is 0 Å². The van der Waals surface area contributed by atoms with Crippen LogP contribution in [0.3, 0.4) is 0 Å². The van der Waals surface area contributed by atoms with E-state index in [1.807, 2.05) is 0 Å². The van der Waals surface area contributed by atoms with Crippen molar-refractivity contribution in [2.45, 2.75) is 153 Å². The molecule has 8 heteroatoms. The molecular weight excluding hydrogens is 544 g/mol. The van der Waals surface area contributed by atoms with E-state index in [1.54, 1.807) is 0 Å². The first kappa shape index (κ1) is 36.4. The summed E-state index contributed by atoms with van der Waals surface area (Å²) in [5, 5.41) is 56.6. The Kier molecular flexibility index (Phi) is 16.0. The number of aliphatic carboxylic acids is 1. The molecule has 250 valence electrons. The summed E-state index contributed by atoms with van der Waals surface area (Å²) in [6.45, 7) is 3.40. The number of piperidine rings is 1. The topological polar surface area (TPSA) is 164 Å². The summed E-state index contributed by atoms with van der Waals surface area (Å²) in [5.74, 6) is -0.234. The molecule has 1 aliphatic heterocycles. The summed E-state index contributed by atoms with van der Waals surface area (Å²) < 4.78 is 0. The number of carboxylic acids is 1. The van der Waals surface area contributed by atoms with Gasteiger partial charge in [0.15, 0.2) is 0 Å². The lowest BCUT2D eigenvalue weighted by Gasteiger charge is -2.30. The van der Waals surface area contributed by atoms with E-state index in [4.69, 9.17) is 5.73 Å². The zero-order valence-corrected chi connectivity index (χ0v) is 27.0. The van der Waals surface area contributed by atoms with Gasteiger partial charge in [-0.25, -0.2) is 0 Å². The van der Waals surface area contributed by atoms with Gasteiger partial charge in [0.25, 0.3) is 0 Å². The first-order chi connectivity index (χ1) is 20.6. The summed E-state index contributed by atoms with van der Waals surface area (Å²) in [6, 6.07) is 0. The third-order valence-electron chi connectivity index (χ3n) is 11.0. The zero-order chi connectivity index (χ0) is 31.2. The van der Waals surface area contributed by atoms with Gasteiger partial charge in [0.05, 0.1) is 24.4 Å². The van der Waals surface area contributed by atoms with Crippen molar-refractivity contribution in [3.05, 3.63) is 12.2 Å². The molecule has 0 spiro atoms. The molecule has 3 rings (SSSR count). The van der Waals surface area contributed by atoms with E-state index >= 15 is 0 Å². The minimum Gasteiger partial charge on any atom is -0.550 e. The summed E-state index contributed by atoms with van der Waals surface area (Å²) >= 11 is 0. The number of aliphatic hydroxyl groups excluding tert-OH is 3. The maximum atomic E-state index is 12.0. The van der Waals surface area contributed by atoms with E-state index in [0.29, 0.717) is 55.8 Å². The number of carbonyl (C=O) groups is 1. The van der Waals surface area contributed by atoms with Gasteiger partial charge in [-0.3, -0.25) is 5.73 Å².